The molecule has 71 heavy (non-hydrogen) atoms. The molecule has 0 fully saturated rings. The summed E-state index contributed by atoms with van der Waals surface area (Å²) in [5.41, 5.74) is 0. The summed E-state index contributed by atoms with van der Waals surface area (Å²) in [7, 11) is 0. The summed E-state index contributed by atoms with van der Waals surface area (Å²) < 4.78 is 16.9. The zero-order valence-electron chi connectivity index (χ0n) is 47.0. The number of unbranched alkanes of at least 4 members (excludes halogenated alkanes) is 32. The molecular formula is C65H114O6. The molecule has 1 unspecified atom stereocenters. The SMILES string of the molecule is CC/C=C\C/C=C\C/C=C\C/C=C\CCCCCCC(=O)OC(COC(=O)CCCCCCCCC/C=C\CCCCCCCC)COC(=O)CCCCCCCCCCC/C=C\CCCCCCCC. The lowest BCUT2D eigenvalue weighted by Gasteiger charge is -2.18. The second-order valence-corrected chi connectivity index (χ2v) is 20.2. The molecule has 0 aliphatic rings. The van der Waals surface area contributed by atoms with Crippen molar-refractivity contribution in [3.8, 4) is 0 Å². The molecule has 6 heteroatoms. The van der Waals surface area contributed by atoms with Crippen LogP contribution in [0.15, 0.2) is 72.9 Å². The van der Waals surface area contributed by atoms with Gasteiger partial charge in [0.25, 0.3) is 0 Å². The van der Waals surface area contributed by atoms with Crippen molar-refractivity contribution in [3.63, 3.8) is 0 Å². The van der Waals surface area contributed by atoms with Crippen LogP contribution in [-0.4, -0.2) is 37.2 Å². The number of hydrogen-bond donors (Lipinski definition) is 0. The smallest absolute Gasteiger partial charge is 0.306 e. The number of rotatable bonds is 55. The Kier molecular flexibility index (Phi) is 56.8. The first-order valence-corrected chi connectivity index (χ1v) is 30.4. The summed E-state index contributed by atoms with van der Waals surface area (Å²) in [6.45, 7) is 6.52. The van der Waals surface area contributed by atoms with Crippen molar-refractivity contribution < 1.29 is 28.6 Å². The maximum atomic E-state index is 12.9. The van der Waals surface area contributed by atoms with Crippen LogP contribution in [0.5, 0.6) is 0 Å². The molecule has 0 aromatic heterocycles. The average Bonchev–Trinajstić information content (AvgIpc) is 3.37. The zero-order valence-corrected chi connectivity index (χ0v) is 47.0. The first-order valence-electron chi connectivity index (χ1n) is 30.4. The maximum Gasteiger partial charge on any atom is 0.306 e. The van der Waals surface area contributed by atoms with E-state index in [9.17, 15) is 14.4 Å². The number of esters is 3. The van der Waals surface area contributed by atoms with Crippen molar-refractivity contribution >= 4 is 17.9 Å². The number of carbonyl (C=O) groups is 3. The molecule has 0 rings (SSSR count). The van der Waals surface area contributed by atoms with Gasteiger partial charge in [0, 0.05) is 19.3 Å². The van der Waals surface area contributed by atoms with Gasteiger partial charge in [-0.15, -0.1) is 0 Å². The second-order valence-electron chi connectivity index (χ2n) is 20.2. The van der Waals surface area contributed by atoms with Crippen LogP contribution in [0.2, 0.25) is 0 Å². The lowest BCUT2D eigenvalue weighted by atomic mass is 10.1. The summed E-state index contributed by atoms with van der Waals surface area (Å²) in [6.07, 6.45) is 76.1. The van der Waals surface area contributed by atoms with Gasteiger partial charge in [0.2, 0.25) is 0 Å². The van der Waals surface area contributed by atoms with Crippen molar-refractivity contribution in [2.24, 2.45) is 0 Å². The van der Waals surface area contributed by atoms with Gasteiger partial charge in [0.05, 0.1) is 0 Å². The fraction of sp³-hybridized carbons (Fsp3) is 0.769. The van der Waals surface area contributed by atoms with E-state index in [-0.39, 0.29) is 31.1 Å². The lowest BCUT2D eigenvalue weighted by Crippen LogP contribution is -2.30. The number of carbonyl (C=O) groups excluding carboxylic acids is 3. The Labute approximate surface area is 440 Å². The van der Waals surface area contributed by atoms with E-state index in [1.807, 2.05) is 0 Å². The van der Waals surface area contributed by atoms with Crippen LogP contribution in [0.25, 0.3) is 0 Å². The molecule has 0 amide bonds. The molecule has 0 spiro atoms. The third-order valence-corrected chi connectivity index (χ3v) is 13.2. The highest BCUT2D eigenvalue weighted by Gasteiger charge is 2.19. The number of allylic oxidation sites excluding steroid dienone is 12. The third-order valence-electron chi connectivity index (χ3n) is 13.2. The molecule has 0 saturated heterocycles. The minimum absolute atomic E-state index is 0.0868. The van der Waals surface area contributed by atoms with Gasteiger partial charge in [-0.3, -0.25) is 14.4 Å². The molecular weight excluding hydrogens is 877 g/mol. The highest BCUT2D eigenvalue weighted by atomic mass is 16.6. The summed E-state index contributed by atoms with van der Waals surface area (Å²) >= 11 is 0. The molecule has 0 bridgehead atoms. The van der Waals surface area contributed by atoms with Crippen LogP contribution in [0.3, 0.4) is 0 Å². The molecule has 0 aromatic rings. The Morgan fingerprint density at radius 2 is 0.549 bits per heavy atom. The molecule has 410 valence electrons. The summed E-state index contributed by atoms with van der Waals surface area (Å²) in [4.78, 5) is 38.3. The van der Waals surface area contributed by atoms with Crippen LogP contribution < -0.4 is 0 Å². The van der Waals surface area contributed by atoms with Crippen molar-refractivity contribution in [2.45, 2.75) is 309 Å². The Morgan fingerprint density at radius 3 is 0.873 bits per heavy atom. The van der Waals surface area contributed by atoms with Gasteiger partial charge in [0.1, 0.15) is 13.2 Å². The van der Waals surface area contributed by atoms with Gasteiger partial charge in [-0.1, -0.05) is 248 Å². The summed E-state index contributed by atoms with van der Waals surface area (Å²) in [5, 5.41) is 0. The normalized spacial score (nSPS) is 12.5. The summed E-state index contributed by atoms with van der Waals surface area (Å²) in [6, 6.07) is 0. The van der Waals surface area contributed by atoms with E-state index in [2.05, 4.69) is 93.7 Å². The molecule has 0 saturated carbocycles. The van der Waals surface area contributed by atoms with Crippen molar-refractivity contribution in [1.29, 1.82) is 0 Å². The zero-order chi connectivity index (χ0) is 51.4. The van der Waals surface area contributed by atoms with Crippen LogP contribution in [0.4, 0.5) is 0 Å². The van der Waals surface area contributed by atoms with Gasteiger partial charge in [-0.25, -0.2) is 0 Å². The third kappa shape index (κ3) is 57.6. The lowest BCUT2D eigenvalue weighted by molar-refractivity contribution is -0.167. The van der Waals surface area contributed by atoms with E-state index in [1.54, 1.807) is 0 Å². The standard InChI is InChI=1S/C65H114O6/c1-4-7-10-13-16-19-22-25-28-31-32-35-37-40-43-46-49-52-55-58-64(67)70-61-62(71-65(68)59-56-53-50-47-44-41-38-34-30-27-24-21-18-15-12-9-6-3)60-69-63(66)57-54-51-48-45-42-39-36-33-29-26-23-20-17-14-11-8-5-2/h9,12,18,21,25-30,38,41,62H,4-8,10-11,13-17,19-20,22-24,31-37,39-40,42-61H2,1-3H3/b12-9-,21-18-,28-25-,29-26-,30-27-,41-38-. The fourth-order valence-electron chi connectivity index (χ4n) is 8.60. The van der Waals surface area contributed by atoms with E-state index >= 15 is 0 Å². The predicted molar refractivity (Wildman–Crippen MR) is 307 cm³/mol. The molecule has 1 atom stereocenters. The van der Waals surface area contributed by atoms with Crippen molar-refractivity contribution in [1.82, 2.24) is 0 Å². The van der Waals surface area contributed by atoms with E-state index in [0.29, 0.717) is 19.3 Å². The molecule has 0 aromatic carbocycles. The monoisotopic (exact) mass is 991 g/mol. The Morgan fingerprint density at radius 1 is 0.296 bits per heavy atom. The minimum atomic E-state index is -0.792. The van der Waals surface area contributed by atoms with Gasteiger partial charge in [-0.05, 0) is 109 Å². The van der Waals surface area contributed by atoms with E-state index in [1.165, 1.54) is 167 Å². The largest absolute Gasteiger partial charge is 0.462 e. The van der Waals surface area contributed by atoms with Gasteiger partial charge in [0.15, 0.2) is 6.10 Å². The molecule has 0 radical (unpaired) electrons. The van der Waals surface area contributed by atoms with Gasteiger partial charge < -0.3 is 14.2 Å². The van der Waals surface area contributed by atoms with Crippen LogP contribution in [-0.2, 0) is 28.6 Å². The minimum Gasteiger partial charge on any atom is -0.462 e. The first-order chi connectivity index (χ1) is 35.0. The Hall–Kier alpha value is -3.15. The highest BCUT2D eigenvalue weighted by Crippen LogP contribution is 2.16. The van der Waals surface area contributed by atoms with E-state index in [0.717, 1.165) is 96.3 Å². The predicted octanol–water partition coefficient (Wildman–Crippen LogP) is 20.5. The van der Waals surface area contributed by atoms with Gasteiger partial charge in [-0.2, -0.15) is 0 Å². The molecule has 0 heterocycles. The first kappa shape index (κ1) is 67.8. The highest BCUT2D eigenvalue weighted by molar-refractivity contribution is 5.71. The Bertz CT molecular complexity index is 1320. The van der Waals surface area contributed by atoms with E-state index in [4.69, 9.17) is 14.2 Å². The summed E-state index contributed by atoms with van der Waals surface area (Å²) in [5.74, 6) is -0.905. The molecule has 0 aliphatic heterocycles. The average molecular weight is 992 g/mol. The number of ether oxygens (including phenoxy) is 3. The van der Waals surface area contributed by atoms with Crippen molar-refractivity contribution in [3.05, 3.63) is 72.9 Å². The number of hydrogen-bond acceptors (Lipinski definition) is 6. The van der Waals surface area contributed by atoms with Crippen LogP contribution in [0.1, 0.15) is 303 Å². The molecule has 6 nitrogen and oxygen atoms in total. The topological polar surface area (TPSA) is 78.9 Å². The second kappa shape index (κ2) is 59.4. The van der Waals surface area contributed by atoms with Crippen LogP contribution in [0, 0.1) is 0 Å². The maximum absolute atomic E-state index is 12.9. The molecule has 0 N–H and O–H groups in total. The van der Waals surface area contributed by atoms with Crippen molar-refractivity contribution in [2.75, 3.05) is 13.2 Å². The molecule has 0 aliphatic carbocycles. The fourth-order valence-corrected chi connectivity index (χ4v) is 8.60. The quantitative estimate of drug-likeness (QED) is 0.0261. The van der Waals surface area contributed by atoms with E-state index < -0.39 is 6.10 Å². The van der Waals surface area contributed by atoms with Crippen LogP contribution >= 0.6 is 0 Å². The van der Waals surface area contributed by atoms with Gasteiger partial charge >= 0.3 is 17.9 Å². The Balaban J connectivity index is 4.41.